The van der Waals surface area contributed by atoms with Crippen LogP contribution in [0.4, 0.5) is 0 Å². The van der Waals surface area contributed by atoms with Crippen molar-refractivity contribution in [2.24, 2.45) is 13.0 Å². The Hall–Kier alpha value is -1.36. The molecule has 0 aliphatic heterocycles. The van der Waals surface area contributed by atoms with Gasteiger partial charge in [0.1, 0.15) is 0 Å². The van der Waals surface area contributed by atoms with Gasteiger partial charge in [0.15, 0.2) is 0 Å². The number of carboxylic acid groups (broad SMARTS) is 1. The van der Waals surface area contributed by atoms with Crippen molar-refractivity contribution in [3.8, 4) is 0 Å². The summed E-state index contributed by atoms with van der Waals surface area (Å²) in [4.78, 5) is 16.7. The maximum absolute atomic E-state index is 10.7. The SMILES string of the molecule is CC(C)CN(CC(=O)O)Cc1cncn1C. The second-order valence-corrected chi connectivity index (χ2v) is 4.45. The molecule has 0 saturated carbocycles. The van der Waals surface area contributed by atoms with Crippen molar-refractivity contribution in [1.29, 1.82) is 0 Å². The number of carboxylic acids is 1. The fraction of sp³-hybridized carbons (Fsp3) is 0.636. The van der Waals surface area contributed by atoms with E-state index in [1.807, 2.05) is 16.5 Å². The van der Waals surface area contributed by atoms with Crippen molar-refractivity contribution >= 4 is 5.97 Å². The highest BCUT2D eigenvalue weighted by Crippen LogP contribution is 2.06. The fourth-order valence-corrected chi connectivity index (χ4v) is 1.66. The minimum Gasteiger partial charge on any atom is -0.480 e. The molecule has 1 aromatic rings. The van der Waals surface area contributed by atoms with Crippen LogP contribution in [0.1, 0.15) is 19.5 Å². The van der Waals surface area contributed by atoms with E-state index in [4.69, 9.17) is 5.11 Å². The van der Waals surface area contributed by atoms with Crippen molar-refractivity contribution in [3.05, 3.63) is 18.2 Å². The maximum atomic E-state index is 10.7. The first-order valence-electron chi connectivity index (χ1n) is 5.38. The molecule has 16 heavy (non-hydrogen) atoms. The molecule has 1 heterocycles. The van der Waals surface area contributed by atoms with E-state index < -0.39 is 5.97 Å². The lowest BCUT2D eigenvalue weighted by Crippen LogP contribution is -2.33. The highest BCUT2D eigenvalue weighted by molar-refractivity contribution is 5.69. The molecule has 0 bridgehead atoms. The van der Waals surface area contributed by atoms with E-state index >= 15 is 0 Å². The summed E-state index contributed by atoms with van der Waals surface area (Å²) < 4.78 is 1.91. The van der Waals surface area contributed by atoms with E-state index in [1.54, 1.807) is 12.5 Å². The molecule has 5 nitrogen and oxygen atoms in total. The summed E-state index contributed by atoms with van der Waals surface area (Å²) in [7, 11) is 1.91. The number of aromatic nitrogens is 2. The number of rotatable bonds is 6. The highest BCUT2D eigenvalue weighted by atomic mass is 16.4. The van der Waals surface area contributed by atoms with Crippen molar-refractivity contribution < 1.29 is 9.90 Å². The largest absolute Gasteiger partial charge is 0.480 e. The van der Waals surface area contributed by atoms with Crippen LogP contribution < -0.4 is 0 Å². The number of carbonyl (C=O) groups is 1. The van der Waals surface area contributed by atoms with Gasteiger partial charge in [0.25, 0.3) is 0 Å². The molecule has 0 saturated heterocycles. The van der Waals surface area contributed by atoms with Gasteiger partial charge in [-0.3, -0.25) is 9.69 Å². The predicted octanol–water partition coefficient (Wildman–Crippen LogP) is 0.963. The molecule has 0 amide bonds. The normalized spacial score (nSPS) is 11.3. The van der Waals surface area contributed by atoms with Crippen molar-refractivity contribution in [1.82, 2.24) is 14.5 Å². The van der Waals surface area contributed by atoms with Crippen LogP contribution in [0.15, 0.2) is 12.5 Å². The number of aliphatic carboxylic acids is 1. The minimum absolute atomic E-state index is 0.0728. The van der Waals surface area contributed by atoms with Crippen LogP contribution in [-0.4, -0.2) is 38.6 Å². The smallest absolute Gasteiger partial charge is 0.317 e. The molecule has 0 aromatic carbocycles. The summed E-state index contributed by atoms with van der Waals surface area (Å²) in [5, 5.41) is 8.83. The van der Waals surface area contributed by atoms with Crippen LogP contribution in [0.2, 0.25) is 0 Å². The third kappa shape index (κ3) is 4.02. The number of hydrogen-bond donors (Lipinski definition) is 1. The lowest BCUT2D eigenvalue weighted by Gasteiger charge is -2.22. The quantitative estimate of drug-likeness (QED) is 0.783. The van der Waals surface area contributed by atoms with Crippen LogP contribution in [0.25, 0.3) is 0 Å². The zero-order chi connectivity index (χ0) is 12.1. The van der Waals surface area contributed by atoms with Gasteiger partial charge in [0.2, 0.25) is 0 Å². The highest BCUT2D eigenvalue weighted by Gasteiger charge is 2.13. The summed E-state index contributed by atoms with van der Waals surface area (Å²) >= 11 is 0. The zero-order valence-electron chi connectivity index (χ0n) is 10.1. The lowest BCUT2D eigenvalue weighted by atomic mass is 10.2. The van der Waals surface area contributed by atoms with Gasteiger partial charge in [-0.1, -0.05) is 13.8 Å². The molecule has 1 rings (SSSR count). The predicted molar refractivity (Wildman–Crippen MR) is 61.0 cm³/mol. The van der Waals surface area contributed by atoms with Crippen LogP contribution in [0.3, 0.4) is 0 Å². The molecule has 1 N–H and O–H groups in total. The van der Waals surface area contributed by atoms with E-state index in [0.717, 1.165) is 12.2 Å². The van der Waals surface area contributed by atoms with Gasteiger partial charge in [0.05, 0.1) is 18.6 Å². The van der Waals surface area contributed by atoms with Crippen LogP contribution in [0.5, 0.6) is 0 Å². The molecule has 0 atom stereocenters. The van der Waals surface area contributed by atoms with E-state index in [-0.39, 0.29) is 6.54 Å². The van der Waals surface area contributed by atoms with E-state index in [9.17, 15) is 4.79 Å². The van der Waals surface area contributed by atoms with E-state index in [0.29, 0.717) is 12.5 Å². The molecule has 5 heteroatoms. The fourth-order valence-electron chi connectivity index (χ4n) is 1.66. The Labute approximate surface area is 95.7 Å². The molecular weight excluding hydrogens is 206 g/mol. The van der Waals surface area contributed by atoms with E-state index in [1.165, 1.54) is 0 Å². The second-order valence-electron chi connectivity index (χ2n) is 4.45. The molecule has 0 aliphatic carbocycles. The summed E-state index contributed by atoms with van der Waals surface area (Å²) in [6.45, 7) is 5.64. The molecule has 1 aromatic heterocycles. The summed E-state index contributed by atoms with van der Waals surface area (Å²) in [5.41, 5.74) is 1.03. The first kappa shape index (κ1) is 12.7. The molecule has 0 fully saturated rings. The molecule has 0 aliphatic rings. The number of aryl methyl sites for hydroxylation is 1. The summed E-state index contributed by atoms with van der Waals surface area (Å²) in [6.07, 6.45) is 3.50. The van der Waals surface area contributed by atoms with Crippen LogP contribution in [-0.2, 0) is 18.4 Å². The molecule has 0 spiro atoms. The Morgan fingerprint density at radius 2 is 2.31 bits per heavy atom. The topological polar surface area (TPSA) is 58.4 Å². The Kier molecular flexibility index (Phi) is 4.49. The van der Waals surface area contributed by atoms with Gasteiger partial charge in [-0.15, -0.1) is 0 Å². The Bertz CT molecular complexity index is 347. The van der Waals surface area contributed by atoms with Gasteiger partial charge in [0, 0.05) is 26.3 Å². The summed E-state index contributed by atoms with van der Waals surface area (Å²) in [5.74, 6) is -0.338. The summed E-state index contributed by atoms with van der Waals surface area (Å²) in [6, 6.07) is 0. The standard InChI is InChI=1S/C11H19N3O2/c1-9(2)5-14(7-11(15)16)6-10-4-12-8-13(10)3/h4,8-9H,5-7H2,1-3H3,(H,15,16). The zero-order valence-corrected chi connectivity index (χ0v) is 10.1. The average molecular weight is 225 g/mol. The van der Waals surface area contributed by atoms with Gasteiger partial charge in [-0.2, -0.15) is 0 Å². The minimum atomic E-state index is -0.789. The molecule has 0 radical (unpaired) electrons. The maximum Gasteiger partial charge on any atom is 0.317 e. The monoisotopic (exact) mass is 225 g/mol. The average Bonchev–Trinajstić information content (AvgIpc) is 2.49. The van der Waals surface area contributed by atoms with Crippen molar-refractivity contribution in [2.75, 3.05) is 13.1 Å². The number of imidazole rings is 1. The third-order valence-electron chi connectivity index (χ3n) is 2.28. The van der Waals surface area contributed by atoms with Crippen LogP contribution >= 0.6 is 0 Å². The van der Waals surface area contributed by atoms with Crippen molar-refractivity contribution in [3.63, 3.8) is 0 Å². The first-order valence-corrected chi connectivity index (χ1v) is 5.38. The second kappa shape index (κ2) is 5.65. The molecule has 0 unspecified atom stereocenters. The number of nitrogens with zero attached hydrogens (tertiary/aromatic N) is 3. The Balaban J connectivity index is 2.62. The Morgan fingerprint density at radius 1 is 1.62 bits per heavy atom. The lowest BCUT2D eigenvalue weighted by molar-refractivity contribution is -0.138. The van der Waals surface area contributed by atoms with Gasteiger partial charge in [-0.25, -0.2) is 4.98 Å². The van der Waals surface area contributed by atoms with Gasteiger partial charge in [-0.05, 0) is 5.92 Å². The van der Waals surface area contributed by atoms with Gasteiger partial charge < -0.3 is 9.67 Å². The Morgan fingerprint density at radius 3 is 2.75 bits per heavy atom. The van der Waals surface area contributed by atoms with Crippen molar-refractivity contribution in [2.45, 2.75) is 20.4 Å². The molecule has 90 valence electrons. The van der Waals surface area contributed by atoms with E-state index in [2.05, 4.69) is 18.8 Å². The third-order valence-corrected chi connectivity index (χ3v) is 2.28. The van der Waals surface area contributed by atoms with Gasteiger partial charge >= 0.3 is 5.97 Å². The number of hydrogen-bond acceptors (Lipinski definition) is 3. The first-order chi connectivity index (χ1) is 7.49. The molecular formula is C11H19N3O2. The van der Waals surface area contributed by atoms with Crippen LogP contribution in [0, 0.1) is 5.92 Å².